The lowest BCUT2D eigenvalue weighted by Gasteiger charge is -2.35. The minimum absolute atomic E-state index is 0.0446. The van der Waals surface area contributed by atoms with Gasteiger partial charge >= 0.3 is 10.1 Å². The van der Waals surface area contributed by atoms with Gasteiger partial charge in [0, 0.05) is 15.6 Å². The Morgan fingerprint density at radius 3 is 2.09 bits per heavy atom. The van der Waals surface area contributed by atoms with Crippen molar-refractivity contribution >= 4 is 32.7 Å². The van der Waals surface area contributed by atoms with E-state index >= 15 is 0 Å². The summed E-state index contributed by atoms with van der Waals surface area (Å²) in [7, 11) is 0.568. The van der Waals surface area contributed by atoms with Gasteiger partial charge in [-0.25, -0.2) is 0 Å². The fourth-order valence-electron chi connectivity index (χ4n) is 3.99. The largest absolute Gasteiger partial charge is 0.493 e. The van der Waals surface area contributed by atoms with Crippen molar-refractivity contribution in [2.45, 2.75) is 24.9 Å². The van der Waals surface area contributed by atoms with E-state index < -0.39 is 28.1 Å². The molecule has 0 aliphatic carbocycles. The molecule has 0 N–H and O–H groups in total. The standard InChI is InChI=1S/C23H27IO10S/c1-23(30-6-7-31-23)14-10-17(29-4)21-18(11-14)32-20(19(12-24)33-21)13-8-15(27-2)22(16(9-13)28-3)34-35(5,25)26/h8-11,19-20H,6-7,12H2,1-5H3/t19-,20-/m0/s1. The van der Waals surface area contributed by atoms with Crippen LogP contribution in [0.1, 0.15) is 24.2 Å². The van der Waals surface area contributed by atoms with Gasteiger partial charge in [0.15, 0.2) is 34.9 Å². The van der Waals surface area contributed by atoms with Crippen LogP contribution >= 0.6 is 22.6 Å². The first-order chi connectivity index (χ1) is 16.6. The van der Waals surface area contributed by atoms with E-state index in [4.69, 9.17) is 37.3 Å². The van der Waals surface area contributed by atoms with Crippen molar-refractivity contribution in [1.29, 1.82) is 0 Å². The second kappa shape index (κ2) is 10.1. The molecule has 0 spiro atoms. The molecule has 1 saturated heterocycles. The quantitative estimate of drug-likeness (QED) is 0.246. The summed E-state index contributed by atoms with van der Waals surface area (Å²) in [6.07, 6.45) is -0.0226. The fraction of sp³-hybridized carbons (Fsp3) is 0.478. The molecule has 10 nitrogen and oxygen atoms in total. The van der Waals surface area contributed by atoms with Crippen LogP contribution in [-0.4, -0.2) is 59.7 Å². The van der Waals surface area contributed by atoms with Crippen molar-refractivity contribution in [3.8, 4) is 34.5 Å². The van der Waals surface area contributed by atoms with Crippen LogP contribution in [0, 0.1) is 0 Å². The third-order valence-corrected chi connectivity index (χ3v) is 7.00. The molecule has 2 heterocycles. The van der Waals surface area contributed by atoms with Crippen LogP contribution in [0.3, 0.4) is 0 Å². The molecule has 2 atom stereocenters. The van der Waals surface area contributed by atoms with Crippen LogP contribution in [0.5, 0.6) is 34.5 Å². The van der Waals surface area contributed by atoms with Gasteiger partial charge in [-0.2, -0.15) is 8.42 Å². The van der Waals surface area contributed by atoms with Crippen LogP contribution in [0.4, 0.5) is 0 Å². The van der Waals surface area contributed by atoms with Gasteiger partial charge in [-0.3, -0.25) is 0 Å². The highest BCUT2D eigenvalue weighted by Crippen LogP contribution is 2.50. The molecular weight excluding hydrogens is 595 g/mol. The number of alkyl halides is 1. The predicted octanol–water partition coefficient (Wildman–Crippen LogP) is 3.59. The van der Waals surface area contributed by atoms with Gasteiger partial charge in [-0.1, -0.05) is 22.6 Å². The van der Waals surface area contributed by atoms with E-state index in [0.29, 0.717) is 40.5 Å². The van der Waals surface area contributed by atoms with E-state index in [0.717, 1.165) is 11.8 Å². The molecular formula is C23H27IO10S. The molecule has 2 aliphatic heterocycles. The Balaban J connectivity index is 1.79. The van der Waals surface area contributed by atoms with Crippen molar-refractivity contribution in [1.82, 2.24) is 0 Å². The maximum atomic E-state index is 11.8. The lowest BCUT2D eigenvalue weighted by atomic mass is 10.0. The van der Waals surface area contributed by atoms with Gasteiger partial charge in [0.25, 0.3) is 0 Å². The molecule has 0 radical (unpaired) electrons. The Bertz CT molecular complexity index is 1170. The normalized spacial score (nSPS) is 20.9. The highest BCUT2D eigenvalue weighted by Gasteiger charge is 2.39. The summed E-state index contributed by atoms with van der Waals surface area (Å²) in [6.45, 7) is 2.80. The molecule has 0 bridgehead atoms. The van der Waals surface area contributed by atoms with Crippen molar-refractivity contribution in [3.63, 3.8) is 0 Å². The highest BCUT2D eigenvalue weighted by atomic mass is 127. The topological polar surface area (TPSA) is 108 Å². The molecule has 2 aliphatic rings. The first-order valence-electron chi connectivity index (χ1n) is 10.7. The summed E-state index contributed by atoms with van der Waals surface area (Å²) >= 11 is 2.22. The van der Waals surface area contributed by atoms with Gasteiger partial charge in [0.2, 0.25) is 11.5 Å². The molecule has 4 rings (SSSR count). The Morgan fingerprint density at radius 2 is 1.57 bits per heavy atom. The van der Waals surface area contributed by atoms with E-state index in [2.05, 4.69) is 22.6 Å². The lowest BCUT2D eigenvalue weighted by Crippen LogP contribution is -2.35. The third kappa shape index (κ3) is 5.20. The van der Waals surface area contributed by atoms with Crippen LogP contribution < -0.4 is 27.9 Å². The van der Waals surface area contributed by atoms with Crippen molar-refractivity contribution in [2.24, 2.45) is 0 Å². The minimum atomic E-state index is -3.82. The molecule has 0 unspecified atom stereocenters. The van der Waals surface area contributed by atoms with Crippen molar-refractivity contribution in [2.75, 3.05) is 45.2 Å². The lowest BCUT2D eigenvalue weighted by molar-refractivity contribution is -0.150. The van der Waals surface area contributed by atoms with Gasteiger partial charge in [-0.15, -0.1) is 0 Å². The Hall–Kier alpha value is -2.16. The summed E-state index contributed by atoms with van der Waals surface area (Å²) < 4.78 is 70.1. The summed E-state index contributed by atoms with van der Waals surface area (Å²) in [5, 5.41) is 0. The van der Waals surface area contributed by atoms with E-state index in [-0.39, 0.29) is 17.2 Å². The van der Waals surface area contributed by atoms with Gasteiger partial charge in [-0.05, 0) is 31.2 Å². The molecule has 0 aromatic heterocycles. The van der Waals surface area contributed by atoms with E-state index in [1.54, 1.807) is 19.2 Å². The number of ether oxygens (including phenoxy) is 7. The molecule has 192 valence electrons. The molecule has 0 amide bonds. The maximum absolute atomic E-state index is 11.8. The van der Waals surface area contributed by atoms with Crippen LogP contribution in [0.2, 0.25) is 0 Å². The summed E-state index contributed by atoms with van der Waals surface area (Å²) in [6, 6.07) is 6.93. The minimum Gasteiger partial charge on any atom is -0.493 e. The molecule has 35 heavy (non-hydrogen) atoms. The SMILES string of the molecule is COc1cc(C2(C)OCCO2)cc2c1O[C@@H](CI)[C@H](c1cc(OC)c(OS(C)(=O)=O)c(OC)c1)O2. The van der Waals surface area contributed by atoms with Crippen LogP contribution in [0.25, 0.3) is 0 Å². The number of hydrogen-bond acceptors (Lipinski definition) is 10. The van der Waals surface area contributed by atoms with Crippen molar-refractivity contribution < 1.29 is 45.8 Å². The third-order valence-electron chi connectivity index (χ3n) is 5.66. The number of fused-ring (bicyclic) bond motifs is 1. The fourth-order valence-corrected chi connectivity index (χ4v) is 5.10. The summed E-state index contributed by atoms with van der Waals surface area (Å²) in [5.74, 6) is 0.816. The predicted molar refractivity (Wildman–Crippen MR) is 134 cm³/mol. The smallest absolute Gasteiger partial charge is 0.306 e. The zero-order valence-electron chi connectivity index (χ0n) is 20.0. The Morgan fingerprint density at radius 1 is 0.971 bits per heavy atom. The molecule has 1 fully saturated rings. The summed E-state index contributed by atoms with van der Waals surface area (Å²) in [5.41, 5.74) is 1.38. The van der Waals surface area contributed by atoms with Crippen LogP contribution in [0.15, 0.2) is 24.3 Å². The first-order valence-corrected chi connectivity index (χ1v) is 14.0. The molecule has 0 saturated carbocycles. The number of halogens is 1. The first kappa shape index (κ1) is 25.9. The van der Waals surface area contributed by atoms with Gasteiger partial charge in [0.05, 0.1) is 40.8 Å². The number of rotatable bonds is 8. The van der Waals surface area contributed by atoms with Crippen LogP contribution in [-0.2, 0) is 25.4 Å². The van der Waals surface area contributed by atoms with E-state index in [1.807, 2.05) is 19.1 Å². The average Bonchev–Trinajstić information content (AvgIpc) is 3.29. The number of benzene rings is 2. The monoisotopic (exact) mass is 622 g/mol. The van der Waals surface area contributed by atoms with E-state index in [1.165, 1.54) is 14.2 Å². The zero-order chi connectivity index (χ0) is 25.4. The average molecular weight is 622 g/mol. The molecule has 12 heteroatoms. The highest BCUT2D eigenvalue weighted by molar-refractivity contribution is 14.1. The molecule has 2 aromatic rings. The Labute approximate surface area is 217 Å². The van der Waals surface area contributed by atoms with E-state index in [9.17, 15) is 8.42 Å². The second-order valence-corrected chi connectivity index (χ2v) is 10.5. The summed E-state index contributed by atoms with van der Waals surface area (Å²) in [4.78, 5) is 0. The molecule has 2 aromatic carbocycles. The van der Waals surface area contributed by atoms with Crippen molar-refractivity contribution in [3.05, 3.63) is 35.4 Å². The van der Waals surface area contributed by atoms with Gasteiger partial charge in [0.1, 0.15) is 6.10 Å². The second-order valence-electron chi connectivity index (χ2n) is 8.04. The Kier molecular flexibility index (Phi) is 7.46. The maximum Gasteiger partial charge on any atom is 0.306 e. The zero-order valence-corrected chi connectivity index (χ0v) is 22.9. The van der Waals surface area contributed by atoms with Gasteiger partial charge < -0.3 is 37.3 Å². The number of methoxy groups -OCH3 is 3. The number of hydrogen-bond donors (Lipinski definition) is 0.